The van der Waals surface area contributed by atoms with E-state index in [1.54, 1.807) is 7.11 Å². The predicted molar refractivity (Wildman–Crippen MR) is 75.8 cm³/mol. The Hall–Kier alpha value is -0.120. The van der Waals surface area contributed by atoms with Gasteiger partial charge in [0.15, 0.2) is 0 Å². The second kappa shape index (κ2) is 5.89. The Labute approximate surface area is 112 Å². The van der Waals surface area contributed by atoms with Crippen molar-refractivity contribution < 1.29 is 4.74 Å². The van der Waals surface area contributed by atoms with E-state index in [2.05, 4.69) is 31.0 Å². The molecule has 0 aromatic heterocycles. The Morgan fingerprint density at radius 3 is 2.67 bits per heavy atom. The van der Waals surface area contributed by atoms with E-state index in [0.29, 0.717) is 11.6 Å². The summed E-state index contributed by atoms with van der Waals surface area (Å²) >= 11 is 0. The molecule has 0 bridgehead atoms. The Kier molecular flexibility index (Phi) is 4.68. The summed E-state index contributed by atoms with van der Waals surface area (Å²) in [6.45, 7) is 11.5. The topological polar surface area (TPSA) is 24.5 Å². The molecule has 18 heavy (non-hydrogen) atoms. The zero-order chi connectivity index (χ0) is 13.2. The van der Waals surface area contributed by atoms with E-state index in [4.69, 9.17) is 4.74 Å². The molecule has 3 heteroatoms. The number of hydrogen-bond acceptors (Lipinski definition) is 3. The van der Waals surface area contributed by atoms with Crippen LogP contribution >= 0.6 is 0 Å². The van der Waals surface area contributed by atoms with Crippen LogP contribution in [0.1, 0.15) is 40.0 Å². The monoisotopic (exact) mass is 254 g/mol. The van der Waals surface area contributed by atoms with Gasteiger partial charge in [0.25, 0.3) is 0 Å². The van der Waals surface area contributed by atoms with E-state index in [1.807, 2.05) is 0 Å². The first-order valence-electron chi connectivity index (χ1n) is 7.55. The van der Waals surface area contributed by atoms with E-state index in [0.717, 1.165) is 31.4 Å². The highest BCUT2D eigenvalue weighted by molar-refractivity contribution is 5.05. The van der Waals surface area contributed by atoms with Crippen molar-refractivity contribution in [1.82, 2.24) is 10.2 Å². The highest BCUT2D eigenvalue weighted by Crippen LogP contribution is 2.44. The van der Waals surface area contributed by atoms with Crippen LogP contribution in [0.5, 0.6) is 0 Å². The van der Waals surface area contributed by atoms with Crippen LogP contribution in [-0.2, 0) is 4.74 Å². The Balaban J connectivity index is 1.96. The van der Waals surface area contributed by atoms with Crippen LogP contribution in [-0.4, -0.2) is 49.8 Å². The number of nitrogens with zero attached hydrogens (tertiary/aromatic N) is 1. The number of rotatable bonds is 6. The molecule has 1 saturated carbocycles. The zero-order valence-corrected chi connectivity index (χ0v) is 12.5. The molecule has 2 rings (SSSR count). The molecule has 0 spiro atoms. The van der Waals surface area contributed by atoms with Crippen LogP contribution in [0.25, 0.3) is 0 Å². The Morgan fingerprint density at radius 1 is 1.39 bits per heavy atom. The minimum Gasteiger partial charge on any atom is -0.385 e. The molecule has 3 nitrogen and oxygen atoms in total. The Bertz CT molecular complexity index is 265. The molecule has 0 aromatic carbocycles. The van der Waals surface area contributed by atoms with Gasteiger partial charge in [-0.1, -0.05) is 13.8 Å². The lowest BCUT2D eigenvalue weighted by atomic mass is 9.87. The summed E-state index contributed by atoms with van der Waals surface area (Å²) in [5.74, 6) is 1.64. The summed E-state index contributed by atoms with van der Waals surface area (Å²) in [5, 5.41) is 3.78. The maximum atomic E-state index is 5.21. The molecule has 2 atom stereocenters. The van der Waals surface area contributed by atoms with E-state index < -0.39 is 0 Å². The van der Waals surface area contributed by atoms with Crippen molar-refractivity contribution in [3.63, 3.8) is 0 Å². The second-order valence-corrected chi connectivity index (χ2v) is 6.66. The lowest BCUT2D eigenvalue weighted by Crippen LogP contribution is -2.65. The molecule has 0 amide bonds. The number of hydrogen-bond donors (Lipinski definition) is 1. The van der Waals surface area contributed by atoms with E-state index in [-0.39, 0.29) is 0 Å². The fraction of sp³-hybridized carbons (Fsp3) is 1.00. The van der Waals surface area contributed by atoms with Crippen molar-refractivity contribution in [2.24, 2.45) is 11.8 Å². The molecule has 1 saturated heterocycles. The van der Waals surface area contributed by atoms with Gasteiger partial charge in [-0.15, -0.1) is 0 Å². The van der Waals surface area contributed by atoms with Crippen LogP contribution in [0.3, 0.4) is 0 Å². The van der Waals surface area contributed by atoms with E-state index in [1.165, 1.54) is 25.9 Å². The minimum absolute atomic E-state index is 0.388. The van der Waals surface area contributed by atoms with Gasteiger partial charge in [0.1, 0.15) is 0 Å². The van der Waals surface area contributed by atoms with Crippen molar-refractivity contribution in [1.29, 1.82) is 0 Å². The summed E-state index contributed by atoms with van der Waals surface area (Å²) in [4.78, 5) is 2.74. The quantitative estimate of drug-likeness (QED) is 0.735. The summed E-state index contributed by atoms with van der Waals surface area (Å²) < 4.78 is 5.21. The molecule has 1 heterocycles. The van der Waals surface area contributed by atoms with E-state index >= 15 is 0 Å². The summed E-state index contributed by atoms with van der Waals surface area (Å²) in [6, 6.07) is 0.652. The largest absolute Gasteiger partial charge is 0.385 e. The molecular formula is C15H30N2O. The maximum Gasteiger partial charge on any atom is 0.0474 e. The first kappa shape index (κ1) is 14.3. The third kappa shape index (κ3) is 3.06. The summed E-state index contributed by atoms with van der Waals surface area (Å²) in [6.07, 6.45) is 4.00. The molecule has 106 valence electrons. The third-order valence-electron chi connectivity index (χ3n) is 4.90. The van der Waals surface area contributed by atoms with Crippen LogP contribution in [0.4, 0.5) is 0 Å². The lowest BCUT2D eigenvalue weighted by molar-refractivity contribution is 0.0194. The summed E-state index contributed by atoms with van der Waals surface area (Å²) in [5.41, 5.74) is 0.388. The third-order valence-corrected chi connectivity index (χ3v) is 4.90. The molecule has 1 aliphatic heterocycles. The maximum absolute atomic E-state index is 5.21. The van der Waals surface area contributed by atoms with Gasteiger partial charge in [0.2, 0.25) is 0 Å². The number of ether oxygens (including phenoxy) is 1. The molecule has 0 radical (unpaired) electrons. The average molecular weight is 254 g/mol. The first-order valence-corrected chi connectivity index (χ1v) is 7.55. The van der Waals surface area contributed by atoms with Gasteiger partial charge < -0.3 is 10.1 Å². The van der Waals surface area contributed by atoms with Gasteiger partial charge in [-0.05, 0) is 38.0 Å². The van der Waals surface area contributed by atoms with Crippen molar-refractivity contribution in [2.75, 3.05) is 33.4 Å². The fourth-order valence-electron chi connectivity index (χ4n) is 3.26. The number of methoxy groups -OCH3 is 1. The number of nitrogens with one attached hydrogen (secondary N) is 1. The highest BCUT2D eigenvalue weighted by atomic mass is 16.5. The van der Waals surface area contributed by atoms with Crippen LogP contribution < -0.4 is 5.32 Å². The van der Waals surface area contributed by atoms with Crippen molar-refractivity contribution in [2.45, 2.75) is 51.6 Å². The molecule has 2 aliphatic rings. The summed E-state index contributed by atoms with van der Waals surface area (Å²) in [7, 11) is 1.80. The van der Waals surface area contributed by atoms with Gasteiger partial charge in [-0.3, -0.25) is 4.90 Å². The highest BCUT2D eigenvalue weighted by Gasteiger charge is 2.48. The molecule has 1 N–H and O–H groups in total. The van der Waals surface area contributed by atoms with Gasteiger partial charge in [-0.2, -0.15) is 0 Å². The van der Waals surface area contributed by atoms with Gasteiger partial charge in [-0.25, -0.2) is 0 Å². The van der Waals surface area contributed by atoms with Crippen molar-refractivity contribution in [3.05, 3.63) is 0 Å². The standard InChI is InChI=1S/C15H30N2O/c1-12(2)14-10-17(8-5-9-18-4)15(3,11-16-14)13-6-7-13/h12-14,16H,5-11H2,1-4H3. The minimum atomic E-state index is 0.388. The van der Waals surface area contributed by atoms with E-state index in [9.17, 15) is 0 Å². The van der Waals surface area contributed by atoms with Crippen LogP contribution in [0, 0.1) is 11.8 Å². The van der Waals surface area contributed by atoms with Crippen LogP contribution in [0.2, 0.25) is 0 Å². The van der Waals surface area contributed by atoms with Gasteiger partial charge >= 0.3 is 0 Å². The fourth-order valence-corrected chi connectivity index (χ4v) is 3.26. The van der Waals surface area contributed by atoms with Gasteiger partial charge in [0, 0.05) is 44.9 Å². The molecule has 0 aromatic rings. The Morgan fingerprint density at radius 2 is 2.11 bits per heavy atom. The molecule has 2 unspecified atom stereocenters. The molecule has 1 aliphatic carbocycles. The van der Waals surface area contributed by atoms with Crippen LogP contribution in [0.15, 0.2) is 0 Å². The zero-order valence-electron chi connectivity index (χ0n) is 12.5. The van der Waals surface area contributed by atoms with Crippen molar-refractivity contribution >= 4 is 0 Å². The van der Waals surface area contributed by atoms with Crippen molar-refractivity contribution in [3.8, 4) is 0 Å². The lowest BCUT2D eigenvalue weighted by Gasteiger charge is -2.49. The second-order valence-electron chi connectivity index (χ2n) is 6.66. The normalized spacial score (nSPS) is 34.2. The molecule has 2 fully saturated rings. The van der Waals surface area contributed by atoms with Gasteiger partial charge in [0.05, 0.1) is 0 Å². The SMILES string of the molecule is COCCCN1CC(C(C)C)NCC1(C)C1CC1. The predicted octanol–water partition coefficient (Wildman–Crippen LogP) is 2.12. The number of piperazine rings is 1. The average Bonchev–Trinajstić information content (AvgIpc) is 3.15. The smallest absolute Gasteiger partial charge is 0.0474 e. The first-order chi connectivity index (χ1) is 8.58. The molecular weight excluding hydrogens is 224 g/mol.